The van der Waals surface area contributed by atoms with Crippen molar-refractivity contribution in [3.63, 3.8) is 0 Å². The van der Waals surface area contributed by atoms with Gasteiger partial charge in [-0.3, -0.25) is 0 Å². The lowest BCUT2D eigenvalue weighted by Crippen LogP contribution is -2.05. The Morgan fingerprint density at radius 1 is 1.47 bits per heavy atom. The number of hydrogen-bond donors (Lipinski definition) is 1. The Balaban J connectivity index is 3.17. The van der Waals surface area contributed by atoms with Crippen molar-refractivity contribution in [3.05, 3.63) is 29.8 Å². The van der Waals surface area contributed by atoms with Crippen molar-refractivity contribution in [2.45, 2.75) is 17.9 Å². The van der Waals surface area contributed by atoms with E-state index in [-0.39, 0.29) is 6.04 Å². The molecule has 0 fully saturated rings. The quantitative estimate of drug-likeness (QED) is 0.774. The normalized spacial score (nSPS) is 16.1. The van der Waals surface area contributed by atoms with Crippen LogP contribution >= 0.6 is 0 Å². The molecule has 15 heavy (non-hydrogen) atoms. The molecule has 0 aliphatic carbocycles. The second kappa shape index (κ2) is 4.43. The molecule has 0 aromatic heterocycles. The molecule has 0 bridgehead atoms. The van der Waals surface area contributed by atoms with E-state index in [1.165, 1.54) is 6.26 Å². The summed E-state index contributed by atoms with van der Waals surface area (Å²) in [7, 11) is -2.58. The summed E-state index contributed by atoms with van der Waals surface area (Å²) in [5, 5.41) is 8.39. The smallest absolute Gasteiger partial charge is 0.214 e. The van der Waals surface area contributed by atoms with Gasteiger partial charge in [0.15, 0.2) is 0 Å². The van der Waals surface area contributed by atoms with Crippen molar-refractivity contribution in [2.24, 2.45) is 10.1 Å². The molecule has 0 amide bonds. The summed E-state index contributed by atoms with van der Waals surface area (Å²) in [5.74, 6) is 0. The number of nitrogens with zero attached hydrogens (tertiary/aromatic N) is 2. The van der Waals surface area contributed by atoms with Crippen LogP contribution in [0.1, 0.15) is 18.5 Å². The number of benzene rings is 1. The summed E-state index contributed by atoms with van der Waals surface area (Å²) in [4.78, 5) is 0.549. The lowest BCUT2D eigenvalue weighted by atomic mass is 10.1. The molecule has 0 saturated heterocycles. The number of nitrogens with two attached hydrogens (primary N) is 1. The van der Waals surface area contributed by atoms with E-state index in [2.05, 4.69) is 4.36 Å². The Kier molecular flexibility index (Phi) is 3.45. The molecule has 0 heterocycles. The molecule has 1 aromatic carbocycles. The summed E-state index contributed by atoms with van der Waals surface area (Å²) >= 11 is 0. The number of hydrogen-bond acceptors (Lipinski definition) is 4. The van der Waals surface area contributed by atoms with Gasteiger partial charge in [0.2, 0.25) is 6.19 Å². The Morgan fingerprint density at radius 3 is 2.40 bits per heavy atom. The van der Waals surface area contributed by atoms with Crippen LogP contribution in [0.15, 0.2) is 33.5 Å². The van der Waals surface area contributed by atoms with E-state index in [4.69, 9.17) is 11.0 Å². The largest absolute Gasteiger partial charge is 0.324 e. The first-order chi connectivity index (χ1) is 6.97. The van der Waals surface area contributed by atoms with E-state index in [0.717, 1.165) is 5.56 Å². The molecule has 80 valence electrons. The molecule has 0 radical (unpaired) electrons. The van der Waals surface area contributed by atoms with Crippen molar-refractivity contribution in [2.75, 3.05) is 6.26 Å². The highest BCUT2D eigenvalue weighted by atomic mass is 32.2. The summed E-state index contributed by atoms with van der Waals surface area (Å²) in [6.07, 6.45) is 3.01. The van der Waals surface area contributed by atoms with Crippen molar-refractivity contribution in [1.82, 2.24) is 0 Å². The predicted molar refractivity (Wildman–Crippen MR) is 59.4 cm³/mol. The lowest BCUT2D eigenvalue weighted by molar-refractivity contribution is 0.680. The van der Waals surface area contributed by atoms with E-state index < -0.39 is 9.73 Å². The summed E-state index contributed by atoms with van der Waals surface area (Å²) in [6.45, 7) is 1.87. The van der Waals surface area contributed by atoms with Crippen LogP contribution in [0, 0.1) is 11.5 Å². The summed E-state index contributed by atoms with van der Waals surface area (Å²) in [5.41, 5.74) is 6.65. The molecular weight excluding hydrogens is 210 g/mol. The number of rotatable bonds is 2. The first kappa shape index (κ1) is 11.7. The van der Waals surface area contributed by atoms with Crippen LogP contribution in [-0.4, -0.2) is 10.5 Å². The molecule has 0 aliphatic heterocycles. The highest BCUT2D eigenvalue weighted by molar-refractivity contribution is 7.93. The fraction of sp³-hybridized carbons (Fsp3) is 0.300. The fourth-order valence-electron chi connectivity index (χ4n) is 1.15. The van der Waals surface area contributed by atoms with Crippen LogP contribution in [0.3, 0.4) is 0 Å². The standard InChI is InChI=1S/C10H13N3OS/c1-8(12)9-3-5-10(6-4-9)15(2,14)13-7-11/h3-6,8H,12H2,1-2H3. The van der Waals surface area contributed by atoms with Crippen molar-refractivity contribution < 1.29 is 4.21 Å². The highest BCUT2D eigenvalue weighted by Crippen LogP contribution is 2.15. The monoisotopic (exact) mass is 223 g/mol. The maximum atomic E-state index is 11.8. The van der Waals surface area contributed by atoms with E-state index >= 15 is 0 Å². The van der Waals surface area contributed by atoms with Gasteiger partial charge in [-0.1, -0.05) is 12.1 Å². The third-order valence-electron chi connectivity index (χ3n) is 2.06. The minimum absolute atomic E-state index is 0.0557. The van der Waals surface area contributed by atoms with Gasteiger partial charge in [0, 0.05) is 17.2 Å². The van der Waals surface area contributed by atoms with Crippen LogP contribution in [0.4, 0.5) is 0 Å². The van der Waals surface area contributed by atoms with E-state index in [0.29, 0.717) is 4.90 Å². The Labute approximate surface area is 89.9 Å². The van der Waals surface area contributed by atoms with Gasteiger partial charge in [-0.05, 0) is 24.6 Å². The third kappa shape index (κ3) is 2.78. The molecule has 0 saturated carbocycles. The van der Waals surface area contributed by atoms with Crippen LogP contribution in [0.2, 0.25) is 0 Å². The zero-order valence-corrected chi connectivity index (χ0v) is 9.49. The Hall–Kier alpha value is -1.38. The number of nitriles is 1. The Bertz CT molecular complexity index is 490. The van der Waals surface area contributed by atoms with Gasteiger partial charge in [0.05, 0.1) is 9.73 Å². The molecule has 5 heteroatoms. The molecule has 0 aliphatic rings. The average molecular weight is 223 g/mol. The lowest BCUT2D eigenvalue weighted by Gasteiger charge is -2.07. The van der Waals surface area contributed by atoms with Crippen LogP contribution in [0.25, 0.3) is 0 Å². The van der Waals surface area contributed by atoms with Gasteiger partial charge in [-0.2, -0.15) is 5.26 Å². The molecule has 4 nitrogen and oxygen atoms in total. The van der Waals surface area contributed by atoms with Crippen molar-refractivity contribution >= 4 is 9.73 Å². The second-order valence-electron chi connectivity index (χ2n) is 3.35. The zero-order valence-electron chi connectivity index (χ0n) is 8.68. The van der Waals surface area contributed by atoms with Gasteiger partial charge in [0.25, 0.3) is 0 Å². The van der Waals surface area contributed by atoms with E-state index in [1.54, 1.807) is 30.5 Å². The molecule has 0 spiro atoms. The molecule has 2 atom stereocenters. The minimum atomic E-state index is -2.58. The van der Waals surface area contributed by atoms with Crippen LogP contribution < -0.4 is 5.73 Å². The summed E-state index contributed by atoms with van der Waals surface area (Å²) < 4.78 is 15.3. The molecule has 1 rings (SSSR count). The van der Waals surface area contributed by atoms with Gasteiger partial charge < -0.3 is 5.73 Å². The van der Waals surface area contributed by atoms with Gasteiger partial charge in [-0.15, -0.1) is 4.36 Å². The molecule has 2 N–H and O–H groups in total. The molecule has 1 aromatic rings. The first-order valence-corrected chi connectivity index (χ1v) is 6.35. The van der Waals surface area contributed by atoms with Crippen LogP contribution in [-0.2, 0) is 9.73 Å². The third-order valence-corrected chi connectivity index (χ3v) is 3.64. The van der Waals surface area contributed by atoms with Crippen molar-refractivity contribution in [3.8, 4) is 6.19 Å². The van der Waals surface area contributed by atoms with Gasteiger partial charge >= 0.3 is 0 Å². The second-order valence-corrected chi connectivity index (χ2v) is 5.61. The topological polar surface area (TPSA) is 79.2 Å². The SMILES string of the molecule is CC(N)c1ccc(S(C)(=O)=NC#N)cc1. The van der Waals surface area contributed by atoms with Crippen molar-refractivity contribution in [1.29, 1.82) is 5.26 Å². The maximum absolute atomic E-state index is 11.8. The fourth-order valence-corrected chi connectivity index (χ4v) is 2.06. The zero-order chi connectivity index (χ0) is 11.5. The van der Waals surface area contributed by atoms with Gasteiger partial charge in [-0.25, -0.2) is 4.21 Å². The van der Waals surface area contributed by atoms with Gasteiger partial charge in [0.1, 0.15) is 0 Å². The van der Waals surface area contributed by atoms with E-state index in [9.17, 15) is 4.21 Å². The predicted octanol–water partition coefficient (Wildman–Crippen LogP) is 1.64. The molecular formula is C10H13N3OS. The summed E-state index contributed by atoms with van der Waals surface area (Å²) in [6, 6.07) is 6.94. The molecule has 2 unspecified atom stereocenters. The Morgan fingerprint density at radius 2 is 2.00 bits per heavy atom. The van der Waals surface area contributed by atoms with Crippen LogP contribution in [0.5, 0.6) is 0 Å². The van der Waals surface area contributed by atoms with E-state index in [1.807, 2.05) is 6.92 Å². The minimum Gasteiger partial charge on any atom is -0.324 e. The average Bonchev–Trinajstić information content (AvgIpc) is 2.18. The maximum Gasteiger partial charge on any atom is 0.214 e. The first-order valence-electron chi connectivity index (χ1n) is 4.43. The highest BCUT2D eigenvalue weighted by Gasteiger charge is 2.06.